The molecule has 2 aromatic rings. The molecule has 0 radical (unpaired) electrons. The first kappa shape index (κ1) is 14.5. The summed E-state index contributed by atoms with van der Waals surface area (Å²) in [6.45, 7) is 1.99. The SMILES string of the molecule is CC(N)Cc1ccc(-n2cnc(I)c2I)c(Cl)c1. The second-order valence-corrected chi connectivity index (χ2v) is 6.61. The van der Waals surface area contributed by atoms with Gasteiger partial charge in [-0.2, -0.15) is 0 Å². The minimum Gasteiger partial charge on any atom is -0.328 e. The van der Waals surface area contributed by atoms with E-state index in [1.54, 1.807) is 6.33 Å². The van der Waals surface area contributed by atoms with Gasteiger partial charge in [0, 0.05) is 6.04 Å². The Morgan fingerprint density at radius 1 is 1.44 bits per heavy atom. The van der Waals surface area contributed by atoms with Crippen molar-refractivity contribution in [1.82, 2.24) is 9.55 Å². The maximum Gasteiger partial charge on any atom is 0.133 e. The third-order valence-electron chi connectivity index (χ3n) is 2.50. The summed E-state index contributed by atoms with van der Waals surface area (Å²) < 4.78 is 4.03. The first-order valence-electron chi connectivity index (χ1n) is 5.41. The molecule has 0 bridgehead atoms. The van der Waals surface area contributed by atoms with Crippen molar-refractivity contribution in [3.8, 4) is 5.69 Å². The molecule has 0 amide bonds. The lowest BCUT2D eigenvalue weighted by atomic mass is 10.1. The Morgan fingerprint density at radius 2 is 2.17 bits per heavy atom. The number of hydrogen-bond acceptors (Lipinski definition) is 2. The van der Waals surface area contributed by atoms with Gasteiger partial charge in [-0.1, -0.05) is 17.7 Å². The van der Waals surface area contributed by atoms with E-state index in [0.29, 0.717) is 0 Å². The highest BCUT2D eigenvalue weighted by Gasteiger charge is 2.10. The van der Waals surface area contributed by atoms with E-state index < -0.39 is 0 Å². The Kier molecular flexibility index (Phi) is 4.90. The van der Waals surface area contributed by atoms with Crippen LogP contribution in [0.15, 0.2) is 24.5 Å². The smallest absolute Gasteiger partial charge is 0.133 e. The van der Waals surface area contributed by atoms with E-state index in [9.17, 15) is 0 Å². The summed E-state index contributed by atoms with van der Waals surface area (Å²) in [4.78, 5) is 4.27. The number of nitrogens with two attached hydrogens (primary N) is 1. The molecule has 1 unspecified atom stereocenters. The largest absolute Gasteiger partial charge is 0.328 e. The topological polar surface area (TPSA) is 43.8 Å². The van der Waals surface area contributed by atoms with Crippen LogP contribution < -0.4 is 5.73 Å². The molecule has 1 aromatic heterocycles. The van der Waals surface area contributed by atoms with Crippen LogP contribution in [0.25, 0.3) is 5.69 Å². The van der Waals surface area contributed by atoms with Gasteiger partial charge in [0.25, 0.3) is 0 Å². The Morgan fingerprint density at radius 3 is 2.67 bits per heavy atom. The molecule has 0 aliphatic heterocycles. The molecule has 2 N–H and O–H groups in total. The summed E-state index contributed by atoms with van der Waals surface area (Å²) in [6.07, 6.45) is 2.62. The van der Waals surface area contributed by atoms with Crippen molar-refractivity contribution in [3.05, 3.63) is 42.5 Å². The van der Waals surface area contributed by atoms with E-state index in [1.807, 2.05) is 23.6 Å². The molecule has 3 nitrogen and oxygen atoms in total. The van der Waals surface area contributed by atoms with E-state index in [2.05, 4.69) is 56.2 Å². The fraction of sp³-hybridized carbons (Fsp3) is 0.250. The standard InChI is InChI=1S/C12H12ClI2N3/c1-7(16)4-8-2-3-10(9(13)5-8)18-6-17-11(14)12(18)15/h2-3,5-7H,4,16H2,1H3. The van der Waals surface area contributed by atoms with Crippen molar-refractivity contribution < 1.29 is 0 Å². The Balaban J connectivity index is 2.38. The van der Waals surface area contributed by atoms with Gasteiger partial charge < -0.3 is 5.73 Å². The summed E-state index contributed by atoms with van der Waals surface area (Å²) in [7, 11) is 0. The highest BCUT2D eigenvalue weighted by molar-refractivity contribution is 14.1. The number of rotatable bonds is 3. The lowest BCUT2D eigenvalue weighted by Gasteiger charge is -2.10. The van der Waals surface area contributed by atoms with Crippen molar-refractivity contribution in [2.75, 3.05) is 0 Å². The van der Waals surface area contributed by atoms with E-state index in [4.69, 9.17) is 17.3 Å². The Labute approximate surface area is 138 Å². The maximum atomic E-state index is 6.33. The number of nitrogens with zero attached hydrogens (tertiary/aromatic N) is 2. The number of benzene rings is 1. The van der Waals surface area contributed by atoms with Crippen LogP contribution >= 0.6 is 56.8 Å². The van der Waals surface area contributed by atoms with E-state index in [0.717, 1.165) is 30.1 Å². The van der Waals surface area contributed by atoms with Gasteiger partial charge in [0.1, 0.15) is 13.7 Å². The number of hydrogen-bond donors (Lipinski definition) is 1. The average molecular weight is 488 g/mol. The zero-order chi connectivity index (χ0) is 13.3. The van der Waals surface area contributed by atoms with Gasteiger partial charge in [0.05, 0.1) is 10.7 Å². The third kappa shape index (κ3) is 3.17. The second-order valence-electron chi connectivity index (χ2n) is 4.16. The summed E-state index contributed by atoms with van der Waals surface area (Å²) >= 11 is 10.8. The Bertz CT molecular complexity index is 566. The molecule has 18 heavy (non-hydrogen) atoms. The zero-order valence-corrected chi connectivity index (χ0v) is 14.8. The lowest BCUT2D eigenvalue weighted by Crippen LogP contribution is -2.17. The number of imidazole rings is 1. The maximum absolute atomic E-state index is 6.33. The van der Waals surface area contributed by atoms with Crippen molar-refractivity contribution in [3.63, 3.8) is 0 Å². The highest BCUT2D eigenvalue weighted by Crippen LogP contribution is 2.26. The van der Waals surface area contributed by atoms with Crippen LogP contribution in [0, 0.1) is 7.40 Å². The van der Waals surface area contributed by atoms with Gasteiger partial charge in [0.15, 0.2) is 0 Å². The van der Waals surface area contributed by atoms with E-state index >= 15 is 0 Å². The fourth-order valence-corrected chi connectivity index (χ4v) is 2.93. The molecular weight excluding hydrogens is 475 g/mol. The van der Waals surface area contributed by atoms with Crippen LogP contribution in [0.4, 0.5) is 0 Å². The molecule has 2 rings (SSSR count). The van der Waals surface area contributed by atoms with Crippen LogP contribution in [0.5, 0.6) is 0 Å². The summed E-state index contributed by atoms with van der Waals surface area (Å²) in [6, 6.07) is 6.19. The summed E-state index contributed by atoms with van der Waals surface area (Å²) in [5, 5.41) is 0.722. The molecule has 1 aromatic carbocycles. The van der Waals surface area contributed by atoms with Gasteiger partial charge in [-0.25, -0.2) is 4.98 Å². The molecule has 0 aliphatic rings. The molecule has 6 heteroatoms. The Hall–Kier alpha value is 0.140. The van der Waals surface area contributed by atoms with Crippen LogP contribution in [0.3, 0.4) is 0 Å². The van der Waals surface area contributed by atoms with Crippen molar-refractivity contribution in [1.29, 1.82) is 0 Å². The average Bonchev–Trinajstić information content (AvgIpc) is 2.60. The van der Waals surface area contributed by atoms with Crippen LogP contribution in [0.2, 0.25) is 5.02 Å². The molecule has 96 valence electrons. The van der Waals surface area contributed by atoms with Crippen LogP contribution in [-0.2, 0) is 6.42 Å². The van der Waals surface area contributed by atoms with Crippen LogP contribution in [-0.4, -0.2) is 15.6 Å². The predicted octanol–water partition coefficient (Wildman–Crippen LogP) is 3.62. The van der Waals surface area contributed by atoms with Gasteiger partial charge in [-0.3, -0.25) is 4.57 Å². The monoisotopic (exact) mass is 487 g/mol. The molecule has 0 saturated carbocycles. The third-order valence-corrected chi connectivity index (χ3v) is 5.65. The molecule has 1 atom stereocenters. The lowest BCUT2D eigenvalue weighted by molar-refractivity contribution is 0.738. The van der Waals surface area contributed by atoms with Gasteiger partial charge >= 0.3 is 0 Å². The summed E-state index contributed by atoms with van der Waals surface area (Å²) in [5.41, 5.74) is 7.90. The zero-order valence-electron chi connectivity index (χ0n) is 9.70. The first-order chi connectivity index (χ1) is 8.49. The van der Waals surface area contributed by atoms with Crippen molar-refractivity contribution >= 4 is 56.8 Å². The molecular formula is C12H12ClI2N3. The number of aromatic nitrogens is 2. The van der Waals surface area contributed by atoms with E-state index in [1.165, 1.54) is 0 Å². The quantitative estimate of drug-likeness (QED) is 0.673. The first-order valence-corrected chi connectivity index (χ1v) is 7.95. The minimum absolute atomic E-state index is 0.140. The fourth-order valence-electron chi connectivity index (χ4n) is 1.72. The van der Waals surface area contributed by atoms with Gasteiger partial charge in [0.2, 0.25) is 0 Å². The molecule has 0 saturated heterocycles. The molecule has 1 heterocycles. The minimum atomic E-state index is 0.140. The molecule has 0 spiro atoms. The van der Waals surface area contributed by atoms with Gasteiger partial charge in [-0.05, 0) is 76.2 Å². The molecule has 0 fully saturated rings. The predicted molar refractivity (Wildman–Crippen MR) is 91.4 cm³/mol. The highest BCUT2D eigenvalue weighted by atomic mass is 127. The van der Waals surface area contributed by atoms with Crippen LogP contribution in [0.1, 0.15) is 12.5 Å². The second kappa shape index (κ2) is 6.06. The summed E-state index contributed by atoms with van der Waals surface area (Å²) in [5.74, 6) is 0. The molecule has 0 aliphatic carbocycles. The van der Waals surface area contributed by atoms with E-state index in [-0.39, 0.29) is 6.04 Å². The van der Waals surface area contributed by atoms with Gasteiger partial charge in [-0.15, -0.1) is 0 Å². The normalized spacial score (nSPS) is 12.7. The van der Waals surface area contributed by atoms with Crippen molar-refractivity contribution in [2.24, 2.45) is 5.73 Å². The number of halogens is 3. The van der Waals surface area contributed by atoms with Crippen molar-refractivity contribution in [2.45, 2.75) is 19.4 Å².